The second-order valence-corrected chi connectivity index (χ2v) is 10.7. The van der Waals surface area contributed by atoms with Gasteiger partial charge in [0, 0.05) is 23.7 Å². The zero-order valence-electron chi connectivity index (χ0n) is 23.0. The normalized spacial score (nSPS) is 16.1. The van der Waals surface area contributed by atoms with Crippen LogP contribution in [0.2, 0.25) is 5.02 Å². The van der Waals surface area contributed by atoms with Gasteiger partial charge in [0.05, 0.1) is 22.8 Å². The monoisotopic (exact) mass is 594 g/mol. The van der Waals surface area contributed by atoms with Crippen LogP contribution in [-0.4, -0.2) is 53.0 Å². The lowest BCUT2D eigenvalue weighted by molar-refractivity contribution is -0.129. The van der Waals surface area contributed by atoms with Gasteiger partial charge in [-0.25, -0.2) is 13.6 Å². The Balaban J connectivity index is 1.75. The van der Waals surface area contributed by atoms with Crippen molar-refractivity contribution in [2.75, 3.05) is 19.6 Å². The summed E-state index contributed by atoms with van der Waals surface area (Å²) in [5.74, 6) is -5.73. The summed E-state index contributed by atoms with van der Waals surface area (Å²) in [7, 11) is 0. The Morgan fingerprint density at radius 3 is 2.26 bits per heavy atom. The molecule has 1 heterocycles. The molecule has 0 aliphatic carbocycles. The highest BCUT2D eigenvalue weighted by Gasteiger charge is 2.46. The van der Waals surface area contributed by atoms with Crippen molar-refractivity contribution in [2.45, 2.75) is 37.8 Å². The van der Waals surface area contributed by atoms with Crippen molar-refractivity contribution in [2.24, 2.45) is 0 Å². The number of piperidine rings is 1. The van der Waals surface area contributed by atoms with E-state index in [2.05, 4.69) is 21.6 Å². The number of halogens is 3. The molecule has 0 unspecified atom stereocenters. The van der Waals surface area contributed by atoms with Crippen molar-refractivity contribution in [3.05, 3.63) is 94.0 Å². The fraction of sp³-hybridized carbons (Fsp3) is 0.290. The molecule has 8 nitrogen and oxygen atoms in total. The van der Waals surface area contributed by atoms with Gasteiger partial charge in [-0.15, -0.1) is 0 Å². The van der Waals surface area contributed by atoms with Crippen LogP contribution in [0, 0.1) is 23.0 Å². The first-order chi connectivity index (χ1) is 19.9. The van der Waals surface area contributed by atoms with E-state index in [1.54, 1.807) is 24.3 Å². The van der Waals surface area contributed by atoms with Gasteiger partial charge >= 0.3 is 5.97 Å². The van der Waals surface area contributed by atoms with Crippen LogP contribution in [0.1, 0.15) is 53.0 Å². The lowest BCUT2D eigenvalue weighted by Gasteiger charge is -2.40. The van der Waals surface area contributed by atoms with Crippen molar-refractivity contribution in [1.82, 2.24) is 15.5 Å². The molecule has 0 bridgehead atoms. The molecule has 0 aromatic heterocycles. The van der Waals surface area contributed by atoms with Crippen LogP contribution >= 0.6 is 11.6 Å². The van der Waals surface area contributed by atoms with E-state index in [1.165, 1.54) is 18.2 Å². The SMILES string of the molecule is CCN1CCC(C#N)(NC(=O)[C@@](C)(NC(=O)c2ccc(-c3ccccc3Cl)cc2C(=O)O)c2c(F)cccc2F)CC1. The summed E-state index contributed by atoms with van der Waals surface area (Å²) in [5.41, 5.74) is -4.26. The van der Waals surface area contributed by atoms with Crippen molar-refractivity contribution in [3.63, 3.8) is 0 Å². The van der Waals surface area contributed by atoms with E-state index < -0.39 is 51.6 Å². The number of nitriles is 1. The third kappa shape index (κ3) is 5.98. The summed E-state index contributed by atoms with van der Waals surface area (Å²) in [5, 5.41) is 25.3. The van der Waals surface area contributed by atoms with Crippen molar-refractivity contribution in [1.29, 1.82) is 5.26 Å². The van der Waals surface area contributed by atoms with Crippen molar-refractivity contribution in [3.8, 4) is 17.2 Å². The van der Waals surface area contributed by atoms with Gasteiger partial charge in [0.15, 0.2) is 0 Å². The molecule has 1 aliphatic heterocycles. The number of aromatic carboxylic acids is 1. The van der Waals surface area contributed by atoms with Gasteiger partial charge in [-0.2, -0.15) is 5.26 Å². The van der Waals surface area contributed by atoms with Gasteiger partial charge in [0.1, 0.15) is 22.7 Å². The quantitative estimate of drug-likeness (QED) is 0.333. The number of nitrogens with zero attached hydrogens (tertiary/aromatic N) is 2. The number of amides is 2. The van der Waals surface area contributed by atoms with Crippen LogP contribution in [0.3, 0.4) is 0 Å². The Labute approximate surface area is 246 Å². The standard InChI is InChI=1S/C31H29ClF2N4O4/c1-3-38-15-13-31(18-35,14-16-38)37-29(42)30(2,26-24(33)9-6-10-25(26)34)36-27(39)21-12-11-19(17-22(21)28(40)41)20-7-4-5-8-23(20)32/h4-12,17H,3,13-16H2,1-2H3,(H,36,39)(H,37,42)(H,40,41)/t30-/m0/s1. The second kappa shape index (κ2) is 12.3. The average Bonchev–Trinajstić information content (AvgIpc) is 2.97. The fourth-order valence-electron chi connectivity index (χ4n) is 5.14. The third-order valence-electron chi connectivity index (χ3n) is 7.68. The molecule has 218 valence electrons. The summed E-state index contributed by atoms with van der Waals surface area (Å²) in [6, 6.07) is 15.8. The predicted molar refractivity (Wildman–Crippen MR) is 153 cm³/mol. The van der Waals surface area contributed by atoms with Crippen molar-refractivity contribution >= 4 is 29.4 Å². The van der Waals surface area contributed by atoms with Crippen molar-refractivity contribution < 1.29 is 28.3 Å². The highest BCUT2D eigenvalue weighted by atomic mass is 35.5. The molecule has 1 aliphatic rings. The number of carbonyl (C=O) groups excluding carboxylic acids is 2. The Bertz CT molecular complexity index is 1560. The first-order valence-electron chi connectivity index (χ1n) is 13.3. The third-order valence-corrected chi connectivity index (χ3v) is 8.01. The molecule has 2 amide bonds. The Morgan fingerprint density at radius 1 is 1.05 bits per heavy atom. The minimum atomic E-state index is -2.37. The first kappa shape index (κ1) is 30.6. The number of likely N-dealkylation sites (tertiary alicyclic amines) is 1. The van der Waals surface area contributed by atoms with Crippen LogP contribution in [0.25, 0.3) is 11.1 Å². The average molecular weight is 595 g/mol. The lowest BCUT2D eigenvalue weighted by Crippen LogP contribution is -2.62. The zero-order valence-corrected chi connectivity index (χ0v) is 23.8. The highest BCUT2D eigenvalue weighted by Crippen LogP contribution is 2.32. The predicted octanol–water partition coefficient (Wildman–Crippen LogP) is 5.12. The second-order valence-electron chi connectivity index (χ2n) is 10.3. The summed E-state index contributed by atoms with van der Waals surface area (Å²) in [6.45, 7) is 4.87. The molecule has 1 atom stereocenters. The molecule has 11 heteroatoms. The van der Waals surface area contributed by atoms with E-state index in [0.717, 1.165) is 31.7 Å². The minimum absolute atomic E-state index is 0.263. The number of hydrogen-bond acceptors (Lipinski definition) is 5. The molecule has 0 spiro atoms. The van der Waals surface area contributed by atoms with Crippen LogP contribution in [0.4, 0.5) is 8.78 Å². The zero-order chi connectivity index (χ0) is 30.7. The van der Waals surface area contributed by atoms with Crippen LogP contribution in [-0.2, 0) is 10.3 Å². The maximum Gasteiger partial charge on any atom is 0.336 e. The van der Waals surface area contributed by atoms with E-state index in [-0.39, 0.29) is 18.4 Å². The number of carboxylic acid groups (broad SMARTS) is 1. The summed E-state index contributed by atoms with van der Waals surface area (Å²) < 4.78 is 30.3. The van der Waals surface area contributed by atoms with E-state index in [0.29, 0.717) is 29.2 Å². The van der Waals surface area contributed by atoms with Gasteiger partial charge in [-0.1, -0.05) is 48.9 Å². The molecular formula is C31H29ClF2N4O4. The topological polar surface area (TPSA) is 123 Å². The van der Waals surface area contributed by atoms with Gasteiger partial charge in [-0.3, -0.25) is 9.59 Å². The maximum atomic E-state index is 15.1. The summed E-state index contributed by atoms with van der Waals surface area (Å²) in [4.78, 5) is 41.8. The smallest absolute Gasteiger partial charge is 0.336 e. The molecule has 0 saturated carbocycles. The summed E-state index contributed by atoms with van der Waals surface area (Å²) in [6.07, 6.45) is 0.527. The number of carbonyl (C=O) groups is 3. The molecule has 0 radical (unpaired) electrons. The van der Waals surface area contributed by atoms with Crippen LogP contribution in [0.5, 0.6) is 0 Å². The maximum absolute atomic E-state index is 15.1. The fourth-order valence-corrected chi connectivity index (χ4v) is 5.39. The number of hydrogen-bond donors (Lipinski definition) is 3. The van der Waals surface area contributed by atoms with E-state index in [9.17, 15) is 24.8 Å². The van der Waals surface area contributed by atoms with Gasteiger partial charge in [0.25, 0.3) is 11.8 Å². The van der Waals surface area contributed by atoms with Gasteiger partial charge < -0.3 is 20.6 Å². The van der Waals surface area contributed by atoms with Crippen LogP contribution in [0.15, 0.2) is 60.7 Å². The summed E-state index contributed by atoms with van der Waals surface area (Å²) >= 11 is 6.26. The first-order valence-corrected chi connectivity index (χ1v) is 13.7. The number of nitrogens with one attached hydrogen (secondary N) is 2. The van der Waals surface area contributed by atoms with Gasteiger partial charge in [0.2, 0.25) is 0 Å². The molecular weight excluding hydrogens is 566 g/mol. The number of carboxylic acids is 1. The lowest BCUT2D eigenvalue weighted by atomic mass is 9.84. The van der Waals surface area contributed by atoms with E-state index in [4.69, 9.17) is 11.6 Å². The Kier molecular flexibility index (Phi) is 8.95. The molecule has 1 saturated heterocycles. The molecule has 3 aromatic rings. The molecule has 3 N–H and O–H groups in total. The van der Waals surface area contributed by atoms with E-state index >= 15 is 8.78 Å². The Morgan fingerprint density at radius 2 is 1.69 bits per heavy atom. The molecule has 3 aromatic carbocycles. The van der Waals surface area contributed by atoms with Gasteiger partial charge in [-0.05, 0) is 62.2 Å². The molecule has 4 rings (SSSR count). The molecule has 1 fully saturated rings. The van der Waals surface area contributed by atoms with Crippen LogP contribution < -0.4 is 10.6 Å². The molecule has 42 heavy (non-hydrogen) atoms. The minimum Gasteiger partial charge on any atom is -0.478 e. The van der Waals surface area contributed by atoms with E-state index in [1.807, 2.05) is 6.92 Å². The number of benzene rings is 3. The number of rotatable bonds is 8. The highest BCUT2D eigenvalue weighted by molar-refractivity contribution is 6.33. The Hall–Kier alpha value is -4.33. The largest absolute Gasteiger partial charge is 0.478 e.